The molecule has 56 heavy (non-hydrogen) atoms. The molecule has 4 N–H and O–H groups in total. The third kappa shape index (κ3) is 9.31. The number of rotatable bonds is 7. The Balaban J connectivity index is 1.31. The van der Waals surface area contributed by atoms with Gasteiger partial charge in [-0.1, -0.05) is 67.6 Å². The number of hydrogen-bond donors (Lipinski definition) is 4. The quantitative estimate of drug-likeness (QED) is 0.306. The van der Waals surface area contributed by atoms with Crippen LogP contribution in [0.2, 0.25) is 0 Å². The zero-order valence-electron chi connectivity index (χ0n) is 32.3. The second-order valence-corrected chi connectivity index (χ2v) is 15.5. The fourth-order valence-corrected chi connectivity index (χ4v) is 8.27. The van der Waals surface area contributed by atoms with Gasteiger partial charge in [-0.2, -0.15) is 0 Å². The van der Waals surface area contributed by atoms with Gasteiger partial charge in [0.25, 0.3) is 0 Å². The maximum Gasteiger partial charge on any atom is 0.329 e. The Morgan fingerprint density at radius 2 is 1.41 bits per heavy atom. The molecule has 4 heterocycles. The number of carbonyl (C=O) groups excluding carboxylic acids is 7. The average molecular weight is 772 g/mol. The number of esters is 1. The highest BCUT2D eigenvalue weighted by atomic mass is 16.5. The Morgan fingerprint density at radius 3 is 2.12 bits per heavy atom. The number of amides is 7. The van der Waals surface area contributed by atoms with E-state index in [0.29, 0.717) is 45.1 Å². The van der Waals surface area contributed by atoms with E-state index >= 15 is 0 Å². The van der Waals surface area contributed by atoms with E-state index in [1.54, 1.807) is 6.92 Å². The van der Waals surface area contributed by atoms with E-state index in [2.05, 4.69) is 21.3 Å². The Morgan fingerprint density at radius 1 is 0.768 bits per heavy atom. The monoisotopic (exact) mass is 771 g/mol. The first-order valence-electron chi connectivity index (χ1n) is 19.8. The molecule has 2 aromatic rings. The molecule has 8 atom stereocenters. The fraction of sp³-hybridized carbons (Fsp3) is 0.537. The summed E-state index contributed by atoms with van der Waals surface area (Å²) in [6, 6.07) is 11.5. The zero-order valence-corrected chi connectivity index (χ0v) is 32.3. The van der Waals surface area contributed by atoms with Crippen molar-refractivity contribution in [2.24, 2.45) is 5.92 Å². The second kappa shape index (κ2) is 18.0. The van der Waals surface area contributed by atoms with Crippen molar-refractivity contribution in [3.63, 3.8) is 0 Å². The van der Waals surface area contributed by atoms with Crippen LogP contribution in [0.4, 0.5) is 4.79 Å². The normalized spacial score (nSPS) is 28.0. The van der Waals surface area contributed by atoms with Crippen molar-refractivity contribution >= 4 is 41.5 Å². The van der Waals surface area contributed by atoms with Gasteiger partial charge in [0.05, 0.1) is 0 Å². The lowest BCUT2D eigenvalue weighted by Gasteiger charge is -2.39. The summed E-state index contributed by atoms with van der Waals surface area (Å²) < 4.78 is 5.95. The van der Waals surface area contributed by atoms with Crippen molar-refractivity contribution < 1.29 is 38.3 Å². The molecule has 4 fully saturated rings. The van der Waals surface area contributed by atoms with Gasteiger partial charge in [-0.05, 0) is 69.4 Å². The molecule has 4 saturated heterocycles. The van der Waals surface area contributed by atoms with E-state index < -0.39 is 78.0 Å². The van der Waals surface area contributed by atoms with Crippen molar-refractivity contribution in [2.45, 2.75) is 115 Å². The molecule has 0 aliphatic carbocycles. The maximum absolute atomic E-state index is 14.7. The molecule has 15 nitrogen and oxygen atoms in total. The van der Waals surface area contributed by atoms with Gasteiger partial charge in [0.1, 0.15) is 42.4 Å². The van der Waals surface area contributed by atoms with Gasteiger partial charge in [0, 0.05) is 32.6 Å². The zero-order chi connectivity index (χ0) is 39.9. The highest BCUT2D eigenvalue weighted by Crippen LogP contribution is 2.28. The minimum Gasteiger partial charge on any atom is -0.458 e. The molecule has 7 amide bonds. The van der Waals surface area contributed by atoms with Gasteiger partial charge < -0.3 is 40.7 Å². The Kier molecular flexibility index (Phi) is 12.9. The van der Waals surface area contributed by atoms with Gasteiger partial charge in [-0.15, -0.1) is 0 Å². The van der Waals surface area contributed by atoms with Crippen LogP contribution >= 0.6 is 0 Å². The smallest absolute Gasteiger partial charge is 0.329 e. The SMILES string of the molecule is C[C@@H]1C[C@H]2C(=O)O[C@@H](C)[C@H](NC(=O)[C@H](Cc3ccccc3)NC(=O)NCc3ccccc3)C(=O)N3CCC[C@H]3C(=O)N3CCCC[C@H]3C(=O)N[C@@H](C)C(=O)N2C1. The lowest BCUT2D eigenvalue weighted by atomic mass is 9.99. The number of cyclic esters (lactones) is 1. The van der Waals surface area contributed by atoms with Crippen LogP contribution in [-0.4, -0.2) is 118 Å². The van der Waals surface area contributed by atoms with Gasteiger partial charge in [0.2, 0.25) is 29.5 Å². The van der Waals surface area contributed by atoms with Crippen LogP contribution in [0.1, 0.15) is 70.4 Å². The van der Waals surface area contributed by atoms with E-state index in [0.717, 1.165) is 11.1 Å². The third-order valence-electron chi connectivity index (χ3n) is 11.2. The van der Waals surface area contributed by atoms with Crippen LogP contribution in [-0.2, 0) is 46.5 Å². The molecule has 0 unspecified atom stereocenters. The molecule has 0 spiro atoms. The van der Waals surface area contributed by atoms with E-state index in [-0.39, 0.29) is 37.9 Å². The molecule has 6 rings (SSSR count). The van der Waals surface area contributed by atoms with E-state index in [4.69, 9.17) is 4.74 Å². The highest BCUT2D eigenvalue weighted by molar-refractivity contribution is 5.98. The van der Waals surface area contributed by atoms with Crippen LogP contribution < -0.4 is 21.3 Å². The summed E-state index contributed by atoms with van der Waals surface area (Å²) in [5.41, 5.74) is 1.61. The molecule has 15 heteroatoms. The molecule has 0 bridgehead atoms. The van der Waals surface area contributed by atoms with Crippen LogP contribution in [0.5, 0.6) is 0 Å². The van der Waals surface area contributed by atoms with Crippen LogP contribution in [0, 0.1) is 5.92 Å². The molecular weight excluding hydrogens is 718 g/mol. The van der Waals surface area contributed by atoms with E-state index in [1.165, 1.54) is 21.6 Å². The number of ether oxygens (including phenoxy) is 1. The summed E-state index contributed by atoms with van der Waals surface area (Å²) in [5, 5.41) is 11.1. The van der Waals surface area contributed by atoms with Gasteiger partial charge >= 0.3 is 12.0 Å². The van der Waals surface area contributed by atoms with Gasteiger partial charge in [0.15, 0.2) is 0 Å². The highest BCUT2D eigenvalue weighted by Gasteiger charge is 2.47. The van der Waals surface area contributed by atoms with Crippen LogP contribution in [0.25, 0.3) is 0 Å². The average Bonchev–Trinajstić information content (AvgIpc) is 3.86. The number of piperidine rings is 1. The minimum absolute atomic E-state index is 0.0522. The molecule has 4 aliphatic heterocycles. The number of fused-ring (bicyclic) bond motifs is 3. The molecule has 0 saturated carbocycles. The molecular formula is C41H53N7O8. The fourth-order valence-electron chi connectivity index (χ4n) is 8.27. The predicted molar refractivity (Wildman–Crippen MR) is 204 cm³/mol. The Bertz CT molecular complexity index is 1780. The number of carbonyl (C=O) groups is 7. The third-order valence-corrected chi connectivity index (χ3v) is 11.2. The van der Waals surface area contributed by atoms with Crippen molar-refractivity contribution in [3.8, 4) is 0 Å². The molecule has 300 valence electrons. The summed E-state index contributed by atoms with van der Waals surface area (Å²) >= 11 is 0. The molecule has 0 radical (unpaired) electrons. The van der Waals surface area contributed by atoms with Crippen molar-refractivity contribution in [1.82, 2.24) is 36.0 Å². The topological polar surface area (TPSA) is 187 Å². The van der Waals surface area contributed by atoms with Crippen LogP contribution in [0.3, 0.4) is 0 Å². The van der Waals surface area contributed by atoms with Crippen LogP contribution in [0.15, 0.2) is 60.7 Å². The number of urea groups is 1. The van der Waals surface area contributed by atoms with Crippen molar-refractivity contribution in [3.05, 3.63) is 71.8 Å². The van der Waals surface area contributed by atoms with Gasteiger partial charge in [-0.25, -0.2) is 9.59 Å². The first-order valence-corrected chi connectivity index (χ1v) is 19.8. The summed E-state index contributed by atoms with van der Waals surface area (Å²) in [5.74, 6) is -3.44. The summed E-state index contributed by atoms with van der Waals surface area (Å²) in [4.78, 5) is 102. The lowest BCUT2D eigenvalue weighted by molar-refractivity contribution is -0.163. The maximum atomic E-state index is 14.7. The number of nitrogens with one attached hydrogen (secondary N) is 4. The van der Waals surface area contributed by atoms with Gasteiger partial charge in [-0.3, -0.25) is 24.0 Å². The summed E-state index contributed by atoms with van der Waals surface area (Å²) in [7, 11) is 0. The van der Waals surface area contributed by atoms with Crippen molar-refractivity contribution in [1.29, 1.82) is 0 Å². The number of nitrogens with zero attached hydrogens (tertiary/aromatic N) is 3. The standard InChI is InChI=1S/C41H53N7O8/c1-25-21-33-40(54)56-27(3)34(45-35(49)30(22-28-13-6-4-7-14-28)44-41(55)42-23-29-15-8-5-9-16-29)39(53)47-20-12-18-32(47)38(52)46-19-11-10-17-31(46)36(50)43-26(2)37(51)48(33)24-25/h4-9,13-16,25-27,30-34H,10-12,17-24H2,1-3H3,(H,43,50)(H,45,49)(H2,42,44,55)/t25-,26+,27+,30+,31+,32+,33+,34+/m1/s1. The van der Waals surface area contributed by atoms with Crippen molar-refractivity contribution in [2.75, 3.05) is 19.6 Å². The molecule has 0 aromatic heterocycles. The van der Waals surface area contributed by atoms with E-state index in [9.17, 15) is 33.6 Å². The lowest BCUT2D eigenvalue weighted by Crippen LogP contribution is -2.63. The summed E-state index contributed by atoms with van der Waals surface area (Å²) in [6.07, 6.45) is 1.79. The summed E-state index contributed by atoms with van der Waals surface area (Å²) in [6.45, 7) is 5.96. The van der Waals surface area contributed by atoms with E-state index in [1.807, 2.05) is 67.6 Å². The number of benzene rings is 2. The second-order valence-electron chi connectivity index (χ2n) is 15.5. The Hall–Kier alpha value is -5.47. The Labute approximate surface area is 327 Å². The minimum atomic E-state index is -1.46. The molecule has 4 aliphatic rings. The largest absolute Gasteiger partial charge is 0.458 e. The molecule has 2 aromatic carbocycles. The first kappa shape index (κ1) is 40.2. The number of hydrogen-bond acceptors (Lipinski definition) is 8. The predicted octanol–water partition coefficient (Wildman–Crippen LogP) is 1.64. The first-order chi connectivity index (χ1) is 26.9.